The molecular formula is C22H17ClF4NO5P. The maximum Gasteiger partial charge on any atom is 0.417 e. The Kier molecular flexibility index (Phi) is 7.19. The van der Waals surface area contributed by atoms with Gasteiger partial charge in [-0.15, -0.1) is 0 Å². The number of carbonyl (C=O) groups excluding carboxylic acids is 1. The summed E-state index contributed by atoms with van der Waals surface area (Å²) in [4.78, 5) is 43.5. The van der Waals surface area contributed by atoms with Crippen molar-refractivity contribution in [1.82, 2.24) is 4.57 Å². The lowest BCUT2D eigenvalue weighted by molar-refractivity contribution is -0.137. The highest BCUT2D eigenvalue weighted by Crippen LogP contribution is 2.38. The van der Waals surface area contributed by atoms with Crippen molar-refractivity contribution in [2.45, 2.75) is 25.8 Å². The quantitative estimate of drug-likeness (QED) is 0.275. The molecule has 0 bridgehead atoms. The van der Waals surface area contributed by atoms with Crippen LogP contribution >= 0.6 is 19.2 Å². The highest BCUT2D eigenvalue weighted by atomic mass is 35.5. The van der Waals surface area contributed by atoms with E-state index < -0.39 is 47.8 Å². The minimum Gasteiger partial charge on any atom is -0.323 e. The first-order valence-electron chi connectivity index (χ1n) is 9.60. The van der Waals surface area contributed by atoms with Crippen molar-refractivity contribution >= 4 is 25.0 Å². The van der Waals surface area contributed by atoms with Crippen molar-refractivity contribution in [3.8, 4) is 0 Å². The number of aryl methyl sites for hydroxylation is 1. The maximum atomic E-state index is 13.5. The molecule has 0 atom stereocenters. The van der Waals surface area contributed by atoms with Crippen LogP contribution in [-0.2, 0) is 23.4 Å². The number of hydrogen-bond donors (Lipinski definition) is 2. The number of aromatic nitrogens is 1. The van der Waals surface area contributed by atoms with E-state index in [0.29, 0.717) is 15.7 Å². The maximum absolute atomic E-state index is 13.5. The second-order valence-electron chi connectivity index (χ2n) is 7.59. The Morgan fingerprint density at radius 2 is 1.76 bits per heavy atom. The Bertz CT molecular complexity index is 1380. The largest absolute Gasteiger partial charge is 0.417 e. The second kappa shape index (κ2) is 9.46. The standard InChI is InChI=1S/C22H17ClF4NO5P/c1-12-6-16(24)3-2-13(12)7-15-8-18(22(25,26)27)19(23)10-17(15)21(30)14-4-5-28(20(29)9-14)11-34(31,32)33/h2-6,8-10H,7,11H2,1H3,(H2,31,32,33). The average molecular weight is 518 g/mol. The Morgan fingerprint density at radius 3 is 2.32 bits per heavy atom. The van der Waals surface area contributed by atoms with Gasteiger partial charge in [0.05, 0.1) is 10.6 Å². The van der Waals surface area contributed by atoms with Gasteiger partial charge in [0.2, 0.25) is 0 Å². The van der Waals surface area contributed by atoms with E-state index in [4.69, 9.17) is 21.4 Å². The van der Waals surface area contributed by atoms with Crippen molar-refractivity contribution in [3.63, 3.8) is 0 Å². The van der Waals surface area contributed by atoms with Gasteiger partial charge in [-0.25, -0.2) is 4.39 Å². The number of ketones is 1. The molecule has 0 aliphatic heterocycles. The molecule has 1 aromatic heterocycles. The van der Waals surface area contributed by atoms with Crippen LogP contribution in [0, 0.1) is 12.7 Å². The molecule has 180 valence electrons. The summed E-state index contributed by atoms with van der Waals surface area (Å²) in [5.41, 5.74) is -1.56. The fourth-order valence-corrected chi connectivity index (χ4v) is 4.28. The summed E-state index contributed by atoms with van der Waals surface area (Å²) < 4.78 is 65.7. The Labute approximate surface area is 195 Å². The summed E-state index contributed by atoms with van der Waals surface area (Å²) in [7, 11) is -4.57. The molecule has 0 aliphatic rings. The van der Waals surface area contributed by atoms with Gasteiger partial charge in [-0.05, 0) is 60.4 Å². The minimum absolute atomic E-state index is 0.0455. The molecule has 0 fully saturated rings. The number of hydrogen-bond acceptors (Lipinski definition) is 3. The molecule has 0 saturated heterocycles. The first-order chi connectivity index (χ1) is 15.7. The number of carbonyl (C=O) groups is 1. The normalized spacial score (nSPS) is 12.1. The van der Waals surface area contributed by atoms with Gasteiger partial charge in [0, 0.05) is 23.4 Å². The number of benzene rings is 2. The molecule has 3 aromatic rings. The van der Waals surface area contributed by atoms with E-state index in [9.17, 15) is 31.7 Å². The van der Waals surface area contributed by atoms with Crippen molar-refractivity contribution in [1.29, 1.82) is 0 Å². The van der Waals surface area contributed by atoms with Crippen LogP contribution in [0.1, 0.15) is 38.2 Å². The van der Waals surface area contributed by atoms with E-state index in [2.05, 4.69) is 0 Å². The second-order valence-corrected chi connectivity index (χ2v) is 9.61. The predicted molar refractivity (Wildman–Crippen MR) is 117 cm³/mol. The lowest BCUT2D eigenvalue weighted by Crippen LogP contribution is -2.21. The zero-order valence-corrected chi connectivity index (χ0v) is 19.1. The van der Waals surface area contributed by atoms with Gasteiger partial charge in [-0.2, -0.15) is 13.2 Å². The zero-order chi connectivity index (χ0) is 25.4. The molecule has 12 heteroatoms. The van der Waals surface area contributed by atoms with Crippen LogP contribution in [0.5, 0.6) is 0 Å². The number of pyridine rings is 1. The fourth-order valence-electron chi connectivity index (χ4n) is 3.38. The summed E-state index contributed by atoms with van der Waals surface area (Å²) in [6.07, 6.45) is -4.84. The molecule has 1 heterocycles. The zero-order valence-electron chi connectivity index (χ0n) is 17.4. The smallest absolute Gasteiger partial charge is 0.323 e. The van der Waals surface area contributed by atoms with Crippen LogP contribution < -0.4 is 5.56 Å². The lowest BCUT2D eigenvalue weighted by Gasteiger charge is -2.16. The van der Waals surface area contributed by atoms with Crippen LogP contribution in [-0.4, -0.2) is 20.1 Å². The third kappa shape index (κ3) is 6.01. The van der Waals surface area contributed by atoms with E-state index in [1.54, 1.807) is 6.92 Å². The third-order valence-electron chi connectivity index (χ3n) is 5.02. The SMILES string of the molecule is Cc1cc(F)ccc1Cc1cc(C(F)(F)F)c(Cl)cc1C(=O)c1ccn(CP(=O)(O)O)c(=O)c1. The first kappa shape index (κ1) is 25.8. The summed E-state index contributed by atoms with van der Waals surface area (Å²) >= 11 is 5.83. The topological polar surface area (TPSA) is 96.6 Å². The van der Waals surface area contributed by atoms with E-state index >= 15 is 0 Å². The third-order valence-corrected chi connectivity index (χ3v) is 6.01. The van der Waals surface area contributed by atoms with Crippen molar-refractivity contribution in [2.24, 2.45) is 0 Å². The van der Waals surface area contributed by atoms with Crippen molar-refractivity contribution < 1.29 is 36.7 Å². The molecule has 3 rings (SSSR count). The van der Waals surface area contributed by atoms with Gasteiger partial charge >= 0.3 is 13.8 Å². The molecule has 0 radical (unpaired) electrons. The van der Waals surface area contributed by atoms with E-state index in [-0.39, 0.29) is 23.1 Å². The van der Waals surface area contributed by atoms with Crippen LogP contribution in [0.15, 0.2) is 53.5 Å². The van der Waals surface area contributed by atoms with Gasteiger partial charge in [-0.1, -0.05) is 17.7 Å². The average Bonchev–Trinajstić information content (AvgIpc) is 2.70. The van der Waals surface area contributed by atoms with Gasteiger partial charge in [0.25, 0.3) is 5.56 Å². The van der Waals surface area contributed by atoms with Crippen molar-refractivity contribution in [3.05, 3.63) is 103 Å². The van der Waals surface area contributed by atoms with Gasteiger partial charge in [0.1, 0.15) is 12.1 Å². The van der Waals surface area contributed by atoms with Gasteiger partial charge in [-0.3, -0.25) is 14.2 Å². The number of rotatable bonds is 6. The fraction of sp³-hybridized carbons (Fsp3) is 0.182. The van der Waals surface area contributed by atoms with Gasteiger partial charge in [0.15, 0.2) is 5.78 Å². The summed E-state index contributed by atoms with van der Waals surface area (Å²) in [5, 5.41) is -0.717. The number of nitrogens with zero attached hydrogens (tertiary/aromatic N) is 1. The van der Waals surface area contributed by atoms with Crippen LogP contribution in [0.2, 0.25) is 5.02 Å². The Balaban J connectivity index is 2.11. The summed E-state index contributed by atoms with van der Waals surface area (Å²) in [6.45, 7) is 1.57. The first-order valence-corrected chi connectivity index (χ1v) is 11.8. The summed E-state index contributed by atoms with van der Waals surface area (Å²) in [6, 6.07) is 7.30. The monoisotopic (exact) mass is 517 g/mol. The molecule has 6 nitrogen and oxygen atoms in total. The molecule has 0 aliphatic carbocycles. The van der Waals surface area contributed by atoms with E-state index in [1.165, 1.54) is 12.1 Å². The Hall–Kier alpha value is -2.78. The molecule has 0 unspecified atom stereocenters. The van der Waals surface area contributed by atoms with E-state index in [0.717, 1.165) is 36.5 Å². The molecule has 2 N–H and O–H groups in total. The molecule has 2 aromatic carbocycles. The molecule has 34 heavy (non-hydrogen) atoms. The molecule has 0 spiro atoms. The van der Waals surface area contributed by atoms with Gasteiger partial charge < -0.3 is 14.4 Å². The lowest BCUT2D eigenvalue weighted by atomic mass is 9.91. The number of halogens is 5. The Morgan fingerprint density at radius 1 is 1.09 bits per heavy atom. The van der Waals surface area contributed by atoms with Crippen LogP contribution in [0.3, 0.4) is 0 Å². The molecule has 0 saturated carbocycles. The van der Waals surface area contributed by atoms with Crippen LogP contribution in [0.25, 0.3) is 0 Å². The summed E-state index contributed by atoms with van der Waals surface area (Å²) in [5.74, 6) is -1.34. The highest BCUT2D eigenvalue weighted by Gasteiger charge is 2.35. The molecular weight excluding hydrogens is 501 g/mol. The van der Waals surface area contributed by atoms with Crippen LogP contribution in [0.4, 0.5) is 17.6 Å². The van der Waals surface area contributed by atoms with Crippen molar-refractivity contribution in [2.75, 3.05) is 0 Å². The highest BCUT2D eigenvalue weighted by molar-refractivity contribution is 7.50. The van der Waals surface area contributed by atoms with E-state index in [1.807, 2.05) is 0 Å². The predicted octanol–water partition coefficient (Wildman–Crippen LogP) is 4.93. The minimum atomic E-state index is -4.80. The molecule has 0 amide bonds. The number of alkyl halides is 3.